The number of hydrogen-bond donors (Lipinski definition) is 0. The van der Waals surface area contributed by atoms with Crippen molar-refractivity contribution in [3.63, 3.8) is 0 Å². The van der Waals surface area contributed by atoms with Crippen molar-refractivity contribution < 1.29 is 0 Å². The number of allylic oxidation sites excluding steroid dienone is 2. The maximum Gasteiger partial charge on any atom is -0.00528 e. The largest absolute Gasteiger partial charge is 0.102 e. The summed E-state index contributed by atoms with van der Waals surface area (Å²) in [6, 6.07) is 10.5. The molecule has 0 N–H and O–H groups in total. The van der Waals surface area contributed by atoms with E-state index in [1.165, 1.54) is 37.7 Å². The van der Waals surface area contributed by atoms with Crippen LogP contribution in [-0.2, 0) is 0 Å². The van der Waals surface area contributed by atoms with Crippen molar-refractivity contribution in [3.05, 3.63) is 54.6 Å². The quantitative estimate of drug-likeness (QED) is 0.408. The molecule has 0 spiro atoms. The molecule has 0 saturated carbocycles. The summed E-state index contributed by atoms with van der Waals surface area (Å²) in [6.45, 7) is 6.17. The van der Waals surface area contributed by atoms with Crippen LogP contribution in [0.4, 0.5) is 0 Å². The fourth-order valence-electron chi connectivity index (χ4n) is 1.90. The van der Waals surface area contributed by atoms with Gasteiger partial charge in [-0.1, -0.05) is 81.2 Å². The standard InChI is InChI=1S/C17H24/c1-3-5-6-8-11-16(4-2)14-15-17-12-9-7-10-13-17/h4,7,9-10,12-16H,2-3,5-6,8,11H2,1H3/b15-14+/t16-/m0/s1. The lowest BCUT2D eigenvalue weighted by Gasteiger charge is -2.06. The summed E-state index contributed by atoms with van der Waals surface area (Å²) in [5.41, 5.74) is 1.27. The van der Waals surface area contributed by atoms with E-state index in [1.54, 1.807) is 0 Å². The first-order valence-corrected chi connectivity index (χ1v) is 6.72. The average molecular weight is 228 g/mol. The van der Waals surface area contributed by atoms with Crippen LogP contribution in [0.1, 0.15) is 44.6 Å². The van der Waals surface area contributed by atoms with Gasteiger partial charge in [0.1, 0.15) is 0 Å². The Hall–Kier alpha value is -1.30. The molecular formula is C17H24. The molecule has 0 heteroatoms. The number of unbranched alkanes of at least 4 members (excludes halogenated alkanes) is 3. The highest BCUT2D eigenvalue weighted by atomic mass is 14.0. The lowest BCUT2D eigenvalue weighted by atomic mass is 9.99. The van der Waals surface area contributed by atoms with E-state index in [-0.39, 0.29) is 0 Å². The minimum absolute atomic E-state index is 0.520. The van der Waals surface area contributed by atoms with Gasteiger partial charge in [0, 0.05) is 0 Å². The molecule has 0 aliphatic carbocycles. The summed E-state index contributed by atoms with van der Waals surface area (Å²) in [5.74, 6) is 0.520. The van der Waals surface area contributed by atoms with Gasteiger partial charge in [0.15, 0.2) is 0 Å². The predicted molar refractivity (Wildman–Crippen MR) is 77.9 cm³/mol. The lowest BCUT2D eigenvalue weighted by molar-refractivity contribution is 0.591. The van der Waals surface area contributed by atoms with Crippen LogP contribution in [0.25, 0.3) is 6.08 Å². The van der Waals surface area contributed by atoms with Crippen LogP contribution in [0.15, 0.2) is 49.1 Å². The molecule has 0 nitrogen and oxygen atoms in total. The fraction of sp³-hybridized carbons (Fsp3) is 0.412. The molecule has 0 fully saturated rings. The van der Waals surface area contributed by atoms with Crippen LogP contribution in [0.5, 0.6) is 0 Å². The molecule has 17 heavy (non-hydrogen) atoms. The van der Waals surface area contributed by atoms with Crippen LogP contribution in [-0.4, -0.2) is 0 Å². The average Bonchev–Trinajstić information content (AvgIpc) is 2.39. The highest BCUT2D eigenvalue weighted by molar-refractivity contribution is 5.49. The van der Waals surface area contributed by atoms with Crippen molar-refractivity contribution in [1.29, 1.82) is 0 Å². The van der Waals surface area contributed by atoms with Crippen molar-refractivity contribution in [2.75, 3.05) is 0 Å². The Morgan fingerprint density at radius 1 is 1.12 bits per heavy atom. The monoisotopic (exact) mass is 228 g/mol. The normalized spacial score (nSPS) is 12.8. The maximum atomic E-state index is 3.92. The summed E-state index contributed by atoms with van der Waals surface area (Å²) in [4.78, 5) is 0. The Balaban J connectivity index is 2.36. The minimum Gasteiger partial charge on any atom is -0.102 e. The van der Waals surface area contributed by atoms with E-state index in [9.17, 15) is 0 Å². The highest BCUT2D eigenvalue weighted by Crippen LogP contribution is 2.15. The third kappa shape index (κ3) is 6.11. The van der Waals surface area contributed by atoms with Gasteiger partial charge in [0.2, 0.25) is 0 Å². The molecule has 0 amide bonds. The molecule has 0 aliphatic rings. The number of rotatable bonds is 8. The highest BCUT2D eigenvalue weighted by Gasteiger charge is 1.98. The Kier molecular flexibility index (Phi) is 7.13. The molecule has 0 heterocycles. The van der Waals surface area contributed by atoms with Crippen LogP contribution >= 0.6 is 0 Å². The van der Waals surface area contributed by atoms with E-state index in [0.29, 0.717) is 5.92 Å². The van der Waals surface area contributed by atoms with Crippen molar-refractivity contribution in [3.8, 4) is 0 Å². The van der Waals surface area contributed by atoms with E-state index in [2.05, 4.69) is 56.0 Å². The number of benzene rings is 1. The predicted octanol–water partition coefficient (Wildman–Crippen LogP) is 5.47. The van der Waals surface area contributed by atoms with Gasteiger partial charge in [0.05, 0.1) is 0 Å². The number of hydrogen-bond acceptors (Lipinski definition) is 0. The fourth-order valence-corrected chi connectivity index (χ4v) is 1.90. The summed E-state index contributed by atoms with van der Waals surface area (Å²) in [6.07, 6.45) is 13.1. The van der Waals surface area contributed by atoms with Crippen LogP contribution in [0.2, 0.25) is 0 Å². The summed E-state index contributed by atoms with van der Waals surface area (Å²) in [7, 11) is 0. The molecule has 1 aromatic carbocycles. The van der Waals surface area contributed by atoms with E-state index >= 15 is 0 Å². The molecule has 0 saturated heterocycles. The van der Waals surface area contributed by atoms with E-state index < -0.39 is 0 Å². The van der Waals surface area contributed by atoms with Gasteiger partial charge in [-0.3, -0.25) is 0 Å². The Bertz CT molecular complexity index is 321. The van der Waals surface area contributed by atoms with Gasteiger partial charge in [-0.15, -0.1) is 6.58 Å². The molecule has 0 unspecified atom stereocenters. The van der Waals surface area contributed by atoms with Crippen LogP contribution in [0, 0.1) is 5.92 Å². The molecule has 0 aliphatic heterocycles. The van der Waals surface area contributed by atoms with Crippen LogP contribution in [0.3, 0.4) is 0 Å². The summed E-state index contributed by atoms with van der Waals surface area (Å²) < 4.78 is 0. The van der Waals surface area contributed by atoms with Crippen molar-refractivity contribution in [1.82, 2.24) is 0 Å². The van der Waals surface area contributed by atoms with Gasteiger partial charge in [0.25, 0.3) is 0 Å². The van der Waals surface area contributed by atoms with Gasteiger partial charge in [-0.25, -0.2) is 0 Å². The SMILES string of the molecule is C=C[C@H](/C=C/c1ccccc1)CCCCCC. The Morgan fingerprint density at radius 3 is 2.53 bits per heavy atom. The summed E-state index contributed by atoms with van der Waals surface area (Å²) >= 11 is 0. The molecule has 0 bridgehead atoms. The van der Waals surface area contributed by atoms with E-state index in [0.717, 1.165) is 0 Å². The first-order chi connectivity index (χ1) is 8.36. The van der Waals surface area contributed by atoms with Crippen molar-refractivity contribution in [2.24, 2.45) is 5.92 Å². The Labute approximate surface area is 106 Å². The topological polar surface area (TPSA) is 0 Å². The molecule has 1 atom stereocenters. The zero-order chi connectivity index (χ0) is 12.3. The third-order valence-electron chi connectivity index (χ3n) is 3.03. The van der Waals surface area contributed by atoms with E-state index in [4.69, 9.17) is 0 Å². The summed E-state index contributed by atoms with van der Waals surface area (Å²) in [5, 5.41) is 0. The smallest absolute Gasteiger partial charge is 0.00528 e. The minimum atomic E-state index is 0.520. The van der Waals surface area contributed by atoms with E-state index in [1.807, 2.05) is 6.07 Å². The van der Waals surface area contributed by atoms with Gasteiger partial charge in [-0.2, -0.15) is 0 Å². The zero-order valence-corrected chi connectivity index (χ0v) is 10.9. The molecule has 0 radical (unpaired) electrons. The van der Waals surface area contributed by atoms with Gasteiger partial charge < -0.3 is 0 Å². The Morgan fingerprint density at radius 2 is 1.88 bits per heavy atom. The maximum absolute atomic E-state index is 3.92. The second kappa shape index (κ2) is 8.81. The molecule has 92 valence electrons. The van der Waals surface area contributed by atoms with Crippen molar-refractivity contribution >= 4 is 6.08 Å². The third-order valence-corrected chi connectivity index (χ3v) is 3.03. The molecule has 0 aromatic heterocycles. The van der Waals surface area contributed by atoms with Crippen molar-refractivity contribution in [2.45, 2.75) is 39.0 Å². The molecule has 1 aromatic rings. The molecular weight excluding hydrogens is 204 g/mol. The molecule has 1 rings (SSSR count). The first kappa shape index (κ1) is 13.8. The van der Waals surface area contributed by atoms with Crippen LogP contribution < -0.4 is 0 Å². The second-order valence-corrected chi connectivity index (χ2v) is 4.52. The second-order valence-electron chi connectivity index (χ2n) is 4.52. The van der Waals surface area contributed by atoms with Gasteiger partial charge in [-0.05, 0) is 17.9 Å². The van der Waals surface area contributed by atoms with Gasteiger partial charge >= 0.3 is 0 Å². The first-order valence-electron chi connectivity index (χ1n) is 6.72. The zero-order valence-electron chi connectivity index (χ0n) is 10.9. The lowest BCUT2D eigenvalue weighted by Crippen LogP contribution is -1.91.